The van der Waals surface area contributed by atoms with Gasteiger partial charge < -0.3 is 5.11 Å². The Morgan fingerprint density at radius 2 is 2.17 bits per heavy atom. The first-order valence-electron chi connectivity index (χ1n) is 5.24. The molecule has 0 heterocycles. The zero-order valence-electron chi connectivity index (χ0n) is 8.64. The molecule has 0 spiro atoms. The van der Waals surface area contributed by atoms with Crippen molar-refractivity contribution in [1.82, 2.24) is 0 Å². The standard InChI is InChI=1S/C11H22O/c1-9(2)7-11(12)6-4-5-10(3)8-11/h9-10,12H,4-8H2,1-3H3/t10-,11+/m0/s1. The second-order valence-corrected chi connectivity index (χ2v) is 5.02. The van der Waals surface area contributed by atoms with Gasteiger partial charge in [0, 0.05) is 0 Å². The molecule has 1 saturated carbocycles. The van der Waals surface area contributed by atoms with Crippen LogP contribution >= 0.6 is 0 Å². The van der Waals surface area contributed by atoms with Gasteiger partial charge in [-0.15, -0.1) is 0 Å². The quantitative estimate of drug-likeness (QED) is 0.675. The van der Waals surface area contributed by atoms with Crippen LogP contribution in [0.25, 0.3) is 0 Å². The molecule has 1 aliphatic carbocycles. The molecule has 0 aromatic carbocycles. The van der Waals surface area contributed by atoms with Gasteiger partial charge in [-0.3, -0.25) is 0 Å². The van der Waals surface area contributed by atoms with Gasteiger partial charge in [0.05, 0.1) is 5.60 Å². The minimum absolute atomic E-state index is 0.328. The monoisotopic (exact) mass is 170 g/mol. The summed E-state index contributed by atoms with van der Waals surface area (Å²) >= 11 is 0. The molecule has 0 radical (unpaired) electrons. The molecule has 0 aliphatic heterocycles. The van der Waals surface area contributed by atoms with Crippen molar-refractivity contribution in [2.24, 2.45) is 11.8 Å². The summed E-state index contributed by atoms with van der Waals surface area (Å²) in [6.07, 6.45) is 5.54. The highest BCUT2D eigenvalue weighted by atomic mass is 16.3. The van der Waals surface area contributed by atoms with Crippen LogP contribution in [0.4, 0.5) is 0 Å². The molecule has 0 bridgehead atoms. The number of aliphatic hydroxyl groups is 1. The third-order valence-corrected chi connectivity index (χ3v) is 2.86. The van der Waals surface area contributed by atoms with Gasteiger partial charge >= 0.3 is 0 Å². The van der Waals surface area contributed by atoms with E-state index in [4.69, 9.17) is 0 Å². The highest BCUT2D eigenvalue weighted by Crippen LogP contribution is 2.36. The molecule has 72 valence electrons. The molecule has 0 unspecified atom stereocenters. The van der Waals surface area contributed by atoms with Crippen LogP contribution in [0.1, 0.15) is 52.9 Å². The van der Waals surface area contributed by atoms with Gasteiger partial charge in [0.1, 0.15) is 0 Å². The molecule has 1 nitrogen and oxygen atoms in total. The molecule has 1 N–H and O–H groups in total. The van der Waals surface area contributed by atoms with Crippen LogP contribution in [-0.4, -0.2) is 10.7 Å². The predicted octanol–water partition coefficient (Wildman–Crippen LogP) is 2.97. The molecule has 1 aliphatic rings. The van der Waals surface area contributed by atoms with E-state index in [0.29, 0.717) is 5.92 Å². The largest absolute Gasteiger partial charge is 0.390 e. The van der Waals surface area contributed by atoms with E-state index >= 15 is 0 Å². The molecule has 0 amide bonds. The maximum atomic E-state index is 10.2. The Morgan fingerprint density at radius 3 is 2.67 bits per heavy atom. The van der Waals surface area contributed by atoms with E-state index in [0.717, 1.165) is 25.2 Å². The van der Waals surface area contributed by atoms with Gasteiger partial charge in [0.2, 0.25) is 0 Å². The van der Waals surface area contributed by atoms with E-state index in [1.54, 1.807) is 0 Å². The topological polar surface area (TPSA) is 20.2 Å². The van der Waals surface area contributed by atoms with Crippen molar-refractivity contribution in [3.8, 4) is 0 Å². The third kappa shape index (κ3) is 2.78. The molecule has 1 heteroatoms. The summed E-state index contributed by atoms with van der Waals surface area (Å²) in [6, 6.07) is 0. The molecular formula is C11H22O. The Bertz CT molecular complexity index is 138. The predicted molar refractivity (Wildman–Crippen MR) is 52.0 cm³/mol. The highest BCUT2D eigenvalue weighted by Gasteiger charge is 2.32. The first-order valence-corrected chi connectivity index (χ1v) is 5.24. The number of rotatable bonds is 2. The van der Waals surface area contributed by atoms with Gasteiger partial charge in [-0.1, -0.05) is 33.6 Å². The second-order valence-electron chi connectivity index (χ2n) is 5.02. The van der Waals surface area contributed by atoms with Crippen LogP contribution in [0.3, 0.4) is 0 Å². The van der Waals surface area contributed by atoms with Crippen LogP contribution in [0.2, 0.25) is 0 Å². The van der Waals surface area contributed by atoms with E-state index in [9.17, 15) is 5.11 Å². The zero-order chi connectivity index (χ0) is 9.19. The van der Waals surface area contributed by atoms with Crippen LogP contribution < -0.4 is 0 Å². The maximum Gasteiger partial charge on any atom is 0.0652 e. The minimum Gasteiger partial charge on any atom is -0.390 e. The van der Waals surface area contributed by atoms with Crippen molar-refractivity contribution in [3.05, 3.63) is 0 Å². The summed E-state index contributed by atoms with van der Waals surface area (Å²) < 4.78 is 0. The summed E-state index contributed by atoms with van der Waals surface area (Å²) in [4.78, 5) is 0. The van der Waals surface area contributed by atoms with Gasteiger partial charge in [0.15, 0.2) is 0 Å². The average molecular weight is 170 g/mol. The first-order chi connectivity index (χ1) is 5.52. The molecule has 2 atom stereocenters. The Balaban J connectivity index is 2.45. The Hall–Kier alpha value is -0.0400. The molecule has 0 aromatic heterocycles. The van der Waals surface area contributed by atoms with Crippen molar-refractivity contribution < 1.29 is 5.11 Å². The van der Waals surface area contributed by atoms with Crippen LogP contribution in [0.15, 0.2) is 0 Å². The zero-order valence-corrected chi connectivity index (χ0v) is 8.64. The lowest BCUT2D eigenvalue weighted by atomic mass is 9.75. The summed E-state index contributed by atoms with van der Waals surface area (Å²) in [5.41, 5.74) is -0.328. The summed E-state index contributed by atoms with van der Waals surface area (Å²) in [6.45, 7) is 6.64. The molecule has 0 saturated heterocycles. The van der Waals surface area contributed by atoms with E-state index in [1.165, 1.54) is 12.8 Å². The van der Waals surface area contributed by atoms with Crippen LogP contribution in [0, 0.1) is 11.8 Å². The Labute approximate surface area is 76.2 Å². The van der Waals surface area contributed by atoms with Crippen molar-refractivity contribution in [2.75, 3.05) is 0 Å². The second kappa shape index (κ2) is 3.78. The Kier molecular flexibility index (Phi) is 3.16. The van der Waals surface area contributed by atoms with Gasteiger partial charge in [-0.2, -0.15) is 0 Å². The summed E-state index contributed by atoms with van der Waals surface area (Å²) in [7, 11) is 0. The molecule has 1 fully saturated rings. The lowest BCUT2D eigenvalue weighted by Crippen LogP contribution is -2.35. The van der Waals surface area contributed by atoms with Gasteiger partial charge in [-0.25, -0.2) is 0 Å². The van der Waals surface area contributed by atoms with Crippen LogP contribution in [-0.2, 0) is 0 Å². The highest BCUT2D eigenvalue weighted by molar-refractivity contribution is 4.85. The fourth-order valence-electron chi connectivity index (χ4n) is 2.58. The van der Waals surface area contributed by atoms with E-state index in [2.05, 4.69) is 20.8 Å². The number of hydrogen-bond donors (Lipinski definition) is 1. The third-order valence-electron chi connectivity index (χ3n) is 2.86. The normalized spacial score (nSPS) is 37.2. The van der Waals surface area contributed by atoms with Crippen molar-refractivity contribution in [1.29, 1.82) is 0 Å². The lowest BCUT2D eigenvalue weighted by Gasteiger charge is -2.36. The SMILES string of the molecule is CC(C)C[C@]1(O)CCC[C@H](C)C1. The van der Waals surface area contributed by atoms with Crippen molar-refractivity contribution in [2.45, 2.75) is 58.5 Å². The van der Waals surface area contributed by atoms with E-state index < -0.39 is 0 Å². The molecule has 1 rings (SSSR count). The molecular weight excluding hydrogens is 148 g/mol. The van der Waals surface area contributed by atoms with Gasteiger partial charge in [0.25, 0.3) is 0 Å². The summed E-state index contributed by atoms with van der Waals surface area (Å²) in [5.74, 6) is 1.35. The first kappa shape index (κ1) is 10.0. The van der Waals surface area contributed by atoms with Crippen molar-refractivity contribution in [3.63, 3.8) is 0 Å². The fourth-order valence-corrected chi connectivity index (χ4v) is 2.58. The smallest absolute Gasteiger partial charge is 0.0652 e. The molecule has 0 aromatic rings. The average Bonchev–Trinajstić information content (AvgIpc) is 1.82. The van der Waals surface area contributed by atoms with E-state index in [-0.39, 0.29) is 5.60 Å². The fraction of sp³-hybridized carbons (Fsp3) is 1.00. The summed E-state index contributed by atoms with van der Waals surface area (Å²) in [5, 5.41) is 10.2. The van der Waals surface area contributed by atoms with E-state index in [1.807, 2.05) is 0 Å². The lowest BCUT2D eigenvalue weighted by molar-refractivity contribution is -0.0293. The van der Waals surface area contributed by atoms with Crippen molar-refractivity contribution >= 4 is 0 Å². The minimum atomic E-state index is -0.328. The Morgan fingerprint density at radius 1 is 1.50 bits per heavy atom. The maximum absolute atomic E-state index is 10.2. The molecule has 12 heavy (non-hydrogen) atoms. The van der Waals surface area contributed by atoms with Gasteiger partial charge in [-0.05, 0) is 31.1 Å². The number of hydrogen-bond acceptors (Lipinski definition) is 1. The van der Waals surface area contributed by atoms with Crippen LogP contribution in [0.5, 0.6) is 0 Å².